The Hall–Kier alpha value is -2.25. The highest BCUT2D eigenvalue weighted by atomic mass is 32.2. The number of hydrogen-bond acceptors (Lipinski definition) is 5. The van der Waals surface area contributed by atoms with Crippen LogP contribution >= 0.6 is 23.5 Å². The maximum Gasteiger partial charge on any atom is 0.233 e. The van der Waals surface area contributed by atoms with Crippen molar-refractivity contribution in [1.82, 2.24) is 19.7 Å². The van der Waals surface area contributed by atoms with E-state index in [1.54, 1.807) is 16.7 Å². The first kappa shape index (κ1) is 20.5. The molecule has 0 radical (unpaired) electrons. The van der Waals surface area contributed by atoms with Gasteiger partial charge in [-0.15, -0.1) is 22.0 Å². The molecule has 0 saturated carbocycles. The lowest BCUT2D eigenvalue weighted by molar-refractivity contribution is -0.127. The average molecular weight is 413 g/mol. The Balaban J connectivity index is 1.61. The van der Waals surface area contributed by atoms with Gasteiger partial charge in [-0.25, -0.2) is 0 Å². The normalized spacial score (nSPS) is 10.8. The van der Waals surface area contributed by atoms with Gasteiger partial charge in [0.15, 0.2) is 11.0 Å². The Kier molecular flexibility index (Phi) is 7.17. The first-order valence-electron chi connectivity index (χ1n) is 9.10. The van der Waals surface area contributed by atoms with Gasteiger partial charge in [-0.1, -0.05) is 54.2 Å². The van der Waals surface area contributed by atoms with Crippen LogP contribution < -0.4 is 0 Å². The van der Waals surface area contributed by atoms with Crippen LogP contribution in [-0.4, -0.2) is 44.6 Å². The topological polar surface area (TPSA) is 51.0 Å². The molecular weight excluding hydrogens is 388 g/mol. The molecule has 0 N–H and O–H groups in total. The molecule has 0 aliphatic heterocycles. The number of thioether (sulfide) groups is 2. The molecule has 0 atom stereocenters. The lowest BCUT2D eigenvalue weighted by Gasteiger charge is -2.17. The quantitative estimate of drug-likeness (QED) is 0.512. The summed E-state index contributed by atoms with van der Waals surface area (Å²) in [5.41, 5.74) is 2.16. The van der Waals surface area contributed by atoms with E-state index in [2.05, 4.69) is 52.2 Å². The van der Waals surface area contributed by atoms with Crippen molar-refractivity contribution in [3.8, 4) is 11.4 Å². The van der Waals surface area contributed by atoms with Gasteiger partial charge in [-0.2, -0.15) is 0 Å². The fourth-order valence-electron chi connectivity index (χ4n) is 2.81. The summed E-state index contributed by atoms with van der Waals surface area (Å²) in [4.78, 5) is 15.5. The number of carbonyl (C=O) groups is 1. The Bertz CT molecular complexity index is 910. The molecule has 0 aliphatic carbocycles. The minimum Gasteiger partial charge on any atom is -0.341 e. The van der Waals surface area contributed by atoms with E-state index in [1.165, 1.54) is 16.7 Å². The number of carbonyl (C=O) groups excluding carboxylic acids is 1. The smallest absolute Gasteiger partial charge is 0.233 e. The summed E-state index contributed by atoms with van der Waals surface area (Å²) < 4.78 is 2.05. The summed E-state index contributed by atoms with van der Waals surface area (Å²) in [6.07, 6.45) is 2.06. The van der Waals surface area contributed by atoms with E-state index >= 15 is 0 Å². The van der Waals surface area contributed by atoms with Gasteiger partial charge >= 0.3 is 0 Å². The van der Waals surface area contributed by atoms with E-state index in [0.717, 1.165) is 28.7 Å². The molecule has 0 spiro atoms. The summed E-state index contributed by atoms with van der Waals surface area (Å²) in [5.74, 6) is 1.25. The largest absolute Gasteiger partial charge is 0.341 e. The molecule has 0 aliphatic rings. The van der Waals surface area contributed by atoms with Crippen LogP contribution in [0.4, 0.5) is 0 Å². The van der Waals surface area contributed by atoms with E-state index < -0.39 is 0 Å². The Morgan fingerprint density at radius 1 is 1.07 bits per heavy atom. The fraction of sp³-hybridized carbons (Fsp3) is 0.286. The molecule has 0 bridgehead atoms. The van der Waals surface area contributed by atoms with Crippen LogP contribution in [-0.2, 0) is 17.9 Å². The van der Waals surface area contributed by atoms with Crippen LogP contribution in [0, 0.1) is 0 Å². The van der Waals surface area contributed by atoms with E-state index in [4.69, 9.17) is 0 Å². The van der Waals surface area contributed by atoms with Crippen LogP contribution in [0.2, 0.25) is 0 Å². The van der Waals surface area contributed by atoms with Crippen molar-refractivity contribution in [3.63, 3.8) is 0 Å². The van der Waals surface area contributed by atoms with Gasteiger partial charge in [0.25, 0.3) is 0 Å². The lowest BCUT2D eigenvalue weighted by atomic mass is 10.2. The van der Waals surface area contributed by atoms with E-state index in [-0.39, 0.29) is 5.91 Å². The molecule has 3 rings (SSSR count). The molecule has 146 valence electrons. The lowest BCUT2D eigenvalue weighted by Crippen LogP contribution is -2.27. The van der Waals surface area contributed by atoms with Gasteiger partial charge in [-0.3, -0.25) is 4.79 Å². The third-order valence-electron chi connectivity index (χ3n) is 4.39. The maximum absolute atomic E-state index is 12.6. The fourth-order valence-corrected chi connectivity index (χ4v) is 4.16. The molecule has 0 saturated heterocycles. The third-order valence-corrected chi connectivity index (χ3v) is 6.09. The Morgan fingerprint density at radius 3 is 2.43 bits per heavy atom. The second kappa shape index (κ2) is 9.80. The first-order chi connectivity index (χ1) is 13.6. The second-order valence-corrected chi connectivity index (χ2v) is 8.13. The number of benzene rings is 2. The van der Waals surface area contributed by atoms with Gasteiger partial charge in [0, 0.05) is 30.6 Å². The molecule has 1 amide bonds. The molecule has 7 heteroatoms. The summed E-state index contributed by atoms with van der Waals surface area (Å²) >= 11 is 3.15. The number of nitrogens with zero attached hydrogens (tertiary/aromatic N) is 4. The van der Waals surface area contributed by atoms with Gasteiger partial charge in [0.05, 0.1) is 5.75 Å². The number of amides is 1. The zero-order valence-electron chi connectivity index (χ0n) is 16.3. The highest BCUT2D eigenvalue weighted by Gasteiger charge is 2.16. The number of aromatic nitrogens is 3. The molecule has 0 unspecified atom stereocenters. The molecule has 2 aromatic carbocycles. The van der Waals surface area contributed by atoms with Crippen molar-refractivity contribution < 1.29 is 4.79 Å². The molecule has 1 heterocycles. The highest BCUT2D eigenvalue weighted by Crippen LogP contribution is 2.24. The molecule has 5 nitrogen and oxygen atoms in total. The first-order valence-corrected chi connectivity index (χ1v) is 11.3. The van der Waals surface area contributed by atoms with Crippen molar-refractivity contribution in [1.29, 1.82) is 0 Å². The number of hydrogen-bond donors (Lipinski definition) is 0. The van der Waals surface area contributed by atoms with Crippen molar-refractivity contribution in [2.45, 2.75) is 30.1 Å². The summed E-state index contributed by atoms with van der Waals surface area (Å²) in [6.45, 7) is 3.42. The summed E-state index contributed by atoms with van der Waals surface area (Å²) in [7, 11) is 1.84. The van der Waals surface area contributed by atoms with Crippen molar-refractivity contribution in [2.75, 3.05) is 19.1 Å². The Labute approximate surface area is 174 Å². The van der Waals surface area contributed by atoms with E-state index in [1.807, 2.05) is 37.4 Å². The highest BCUT2D eigenvalue weighted by molar-refractivity contribution is 7.99. The second-order valence-electron chi connectivity index (χ2n) is 6.30. The van der Waals surface area contributed by atoms with E-state index in [0.29, 0.717) is 12.3 Å². The molecule has 3 aromatic rings. The third kappa shape index (κ3) is 4.97. The van der Waals surface area contributed by atoms with Crippen LogP contribution in [0.3, 0.4) is 0 Å². The van der Waals surface area contributed by atoms with Crippen molar-refractivity contribution in [2.24, 2.45) is 0 Å². The minimum absolute atomic E-state index is 0.0749. The van der Waals surface area contributed by atoms with E-state index in [9.17, 15) is 4.79 Å². The van der Waals surface area contributed by atoms with Gasteiger partial charge in [0.1, 0.15) is 0 Å². The average Bonchev–Trinajstić information content (AvgIpc) is 3.16. The van der Waals surface area contributed by atoms with Crippen LogP contribution in [0.15, 0.2) is 64.6 Å². The summed E-state index contributed by atoms with van der Waals surface area (Å²) in [6, 6.07) is 18.3. The Morgan fingerprint density at radius 2 is 1.79 bits per heavy atom. The molecular formula is C21H24N4OS2. The SMILES string of the molecule is CCn1c(SCC(=O)N(C)Cc2ccc(SC)cc2)nnc1-c1ccccc1. The molecule has 0 fully saturated rings. The van der Waals surface area contributed by atoms with Gasteiger partial charge < -0.3 is 9.47 Å². The minimum atomic E-state index is 0.0749. The maximum atomic E-state index is 12.6. The zero-order valence-corrected chi connectivity index (χ0v) is 18.0. The standard InChI is InChI=1S/C21H24N4OS2/c1-4-25-20(17-8-6-5-7-9-17)22-23-21(25)28-15-19(26)24(2)14-16-10-12-18(27-3)13-11-16/h5-13H,4,14-15H2,1-3H3. The predicted octanol–water partition coefficient (Wildman–Crippen LogP) is 4.44. The van der Waals surface area contributed by atoms with Crippen molar-refractivity contribution in [3.05, 3.63) is 60.2 Å². The van der Waals surface area contributed by atoms with Crippen LogP contribution in [0.5, 0.6) is 0 Å². The van der Waals surface area contributed by atoms with Crippen molar-refractivity contribution >= 4 is 29.4 Å². The molecule has 28 heavy (non-hydrogen) atoms. The van der Waals surface area contributed by atoms with Crippen LogP contribution in [0.25, 0.3) is 11.4 Å². The predicted molar refractivity (Wildman–Crippen MR) is 117 cm³/mol. The summed E-state index contributed by atoms with van der Waals surface area (Å²) in [5, 5.41) is 9.40. The van der Waals surface area contributed by atoms with Gasteiger partial charge in [0.2, 0.25) is 5.91 Å². The number of rotatable bonds is 8. The van der Waals surface area contributed by atoms with Crippen LogP contribution in [0.1, 0.15) is 12.5 Å². The molecule has 1 aromatic heterocycles. The van der Waals surface area contributed by atoms with Gasteiger partial charge in [-0.05, 0) is 30.9 Å². The monoisotopic (exact) mass is 412 g/mol. The zero-order chi connectivity index (χ0) is 19.9.